The number of nitrogens with one attached hydrogen (secondary N) is 1. The Morgan fingerprint density at radius 1 is 0.942 bits per heavy atom. The van der Waals surface area contributed by atoms with Gasteiger partial charge < -0.3 is 14.1 Å². The van der Waals surface area contributed by atoms with E-state index in [1.54, 1.807) is 24.4 Å². The quantitative estimate of drug-likeness (QED) is 0.196. The smallest absolute Gasteiger partial charge is 0.264 e. The highest BCUT2D eigenvalue weighted by atomic mass is 32.2. The molecule has 270 valence electrons. The minimum Gasteiger partial charge on any atom is -0.475 e. The van der Waals surface area contributed by atoms with Crippen molar-refractivity contribution >= 4 is 33.1 Å². The number of benzene rings is 2. The fourth-order valence-corrected chi connectivity index (χ4v) is 8.76. The first kappa shape index (κ1) is 34.3. The number of hydrogen-bond acceptors (Lipinski definition) is 9. The van der Waals surface area contributed by atoms with E-state index in [-0.39, 0.29) is 52.2 Å². The van der Waals surface area contributed by atoms with Gasteiger partial charge in [-0.15, -0.1) is 0 Å². The van der Waals surface area contributed by atoms with Crippen LogP contribution in [0, 0.1) is 25.7 Å². The largest absolute Gasteiger partial charge is 0.475 e. The number of hydrogen-bond donors (Lipinski definition) is 1. The molecule has 0 unspecified atom stereocenters. The van der Waals surface area contributed by atoms with Gasteiger partial charge in [0.05, 0.1) is 34.6 Å². The number of aromatic nitrogens is 4. The Labute approximate surface area is 304 Å². The Balaban J connectivity index is 1.29. The van der Waals surface area contributed by atoms with Crippen LogP contribution >= 0.6 is 0 Å². The average Bonchev–Trinajstić information content (AvgIpc) is 3.84. The maximum absolute atomic E-state index is 15.0. The van der Waals surface area contributed by atoms with Gasteiger partial charge in [-0.1, -0.05) is 64.3 Å². The fraction of sp³-hybridized carbons (Fsp3) is 0.425. The third-order valence-corrected chi connectivity index (χ3v) is 12.0. The standard InChI is InChI=1S/C40H44N6O5S/c1-23-9-6-10-24(2)36(23)29-20-35-44-39(43-29)45-52(48,49)28-13-7-12-27(18-28)38(47)46-32(14-8-11-26(17-25-15-16-25)33(46)22-50-35)31-21-41-37-30(42-31)19-34(51-37)40(3,4)5/h6-7,9-10,12-13,18-21,25-26,32-33H,8,11,14-17,22H2,1-5H3,(H,43,44,45)/t26-,32-,33-/m0/s1. The molecule has 5 heterocycles. The van der Waals surface area contributed by atoms with Crippen molar-refractivity contribution in [2.75, 3.05) is 11.3 Å². The highest BCUT2D eigenvalue weighted by Gasteiger charge is 2.42. The average molecular weight is 721 g/mol. The number of amides is 1. The Kier molecular flexibility index (Phi) is 8.55. The van der Waals surface area contributed by atoms with Gasteiger partial charge in [-0.25, -0.2) is 28.1 Å². The second-order valence-electron chi connectivity index (χ2n) is 15.6. The maximum atomic E-state index is 15.0. The molecule has 1 saturated carbocycles. The number of aryl methyl sites for hydroxylation is 2. The molecule has 8 rings (SSSR count). The predicted molar refractivity (Wildman–Crippen MR) is 198 cm³/mol. The summed E-state index contributed by atoms with van der Waals surface area (Å²) in [4.78, 5) is 35.8. The van der Waals surface area contributed by atoms with Crippen molar-refractivity contribution in [3.05, 3.63) is 88.9 Å². The summed E-state index contributed by atoms with van der Waals surface area (Å²) < 4.78 is 43.0. The van der Waals surface area contributed by atoms with Crippen LogP contribution in [-0.4, -0.2) is 51.8 Å². The van der Waals surface area contributed by atoms with Crippen LogP contribution in [0.25, 0.3) is 22.5 Å². The van der Waals surface area contributed by atoms with E-state index in [1.807, 2.05) is 43.0 Å². The zero-order valence-electron chi connectivity index (χ0n) is 30.2. The lowest BCUT2D eigenvalue weighted by Crippen LogP contribution is -2.49. The molecule has 4 bridgehead atoms. The maximum Gasteiger partial charge on any atom is 0.264 e. The van der Waals surface area contributed by atoms with Crippen molar-refractivity contribution in [3.8, 4) is 17.1 Å². The molecule has 3 aromatic heterocycles. The van der Waals surface area contributed by atoms with E-state index in [2.05, 4.69) is 40.4 Å². The predicted octanol–water partition coefficient (Wildman–Crippen LogP) is 7.94. The van der Waals surface area contributed by atoms with Crippen molar-refractivity contribution in [1.29, 1.82) is 0 Å². The van der Waals surface area contributed by atoms with Gasteiger partial charge in [-0.3, -0.25) is 4.79 Å². The molecule has 1 saturated heterocycles. The Bertz CT molecular complexity index is 2270. The summed E-state index contributed by atoms with van der Waals surface area (Å²) in [6, 6.07) is 15.1. The Hall–Kier alpha value is -4.84. The molecular weight excluding hydrogens is 677 g/mol. The molecular formula is C40H44N6O5S. The molecule has 52 heavy (non-hydrogen) atoms. The summed E-state index contributed by atoms with van der Waals surface area (Å²) in [7, 11) is -4.19. The summed E-state index contributed by atoms with van der Waals surface area (Å²) in [6.07, 6.45) is 7.52. The van der Waals surface area contributed by atoms with Crippen LogP contribution < -0.4 is 9.46 Å². The zero-order valence-corrected chi connectivity index (χ0v) is 31.0. The van der Waals surface area contributed by atoms with Crippen LogP contribution in [-0.2, 0) is 15.4 Å². The van der Waals surface area contributed by atoms with E-state index < -0.39 is 16.1 Å². The van der Waals surface area contributed by atoms with Crippen LogP contribution in [0.3, 0.4) is 0 Å². The summed E-state index contributed by atoms with van der Waals surface area (Å²) in [5.74, 6) is 1.38. The van der Waals surface area contributed by atoms with Crippen LogP contribution in [0.1, 0.15) is 98.3 Å². The van der Waals surface area contributed by atoms with E-state index in [0.29, 0.717) is 35.0 Å². The third-order valence-electron chi connectivity index (χ3n) is 10.7. The lowest BCUT2D eigenvalue weighted by Gasteiger charge is -2.39. The number of sulfonamides is 1. The molecule has 2 aromatic carbocycles. The molecule has 1 N–H and O–H groups in total. The van der Waals surface area contributed by atoms with Gasteiger partial charge in [0.25, 0.3) is 15.9 Å². The highest BCUT2D eigenvalue weighted by molar-refractivity contribution is 7.92. The SMILES string of the molecule is Cc1cccc(C)c1-c1cc2nc(n1)NS(=O)(=O)c1cccc(c1)C(=O)N1[C@H](c3cnc4oc(C(C)(C)C)cc4n3)CCC[C@@H](CC3CC3)[C@@H]1CO2. The van der Waals surface area contributed by atoms with Crippen molar-refractivity contribution < 1.29 is 22.4 Å². The number of carbonyl (C=O) groups is 1. The topological polar surface area (TPSA) is 140 Å². The number of anilines is 1. The summed E-state index contributed by atoms with van der Waals surface area (Å²) in [6.45, 7) is 10.4. The van der Waals surface area contributed by atoms with E-state index in [9.17, 15) is 8.42 Å². The van der Waals surface area contributed by atoms with Crippen molar-refractivity contribution in [2.45, 2.75) is 95.5 Å². The number of ether oxygens (including phenoxy) is 1. The molecule has 0 spiro atoms. The van der Waals surface area contributed by atoms with E-state index >= 15 is 4.79 Å². The second-order valence-corrected chi connectivity index (χ2v) is 17.3. The first-order valence-electron chi connectivity index (χ1n) is 18.1. The van der Waals surface area contributed by atoms with Gasteiger partial charge in [0, 0.05) is 28.7 Å². The first-order chi connectivity index (χ1) is 24.8. The van der Waals surface area contributed by atoms with Crippen LogP contribution in [0.5, 0.6) is 5.88 Å². The molecule has 2 fully saturated rings. The highest BCUT2D eigenvalue weighted by Crippen LogP contribution is 2.44. The fourth-order valence-electron chi connectivity index (χ4n) is 7.77. The molecule has 1 aliphatic carbocycles. The number of furan rings is 1. The molecule has 0 radical (unpaired) electrons. The van der Waals surface area contributed by atoms with E-state index in [0.717, 1.165) is 41.7 Å². The first-order valence-corrected chi connectivity index (χ1v) is 19.6. The normalized spacial score (nSPS) is 21.9. The van der Waals surface area contributed by atoms with Crippen molar-refractivity contribution in [3.63, 3.8) is 0 Å². The summed E-state index contributed by atoms with van der Waals surface area (Å²) in [5, 5.41) is 0. The molecule has 3 atom stereocenters. The molecule has 5 aromatic rings. The van der Waals surface area contributed by atoms with Crippen molar-refractivity contribution in [1.82, 2.24) is 24.8 Å². The monoisotopic (exact) mass is 720 g/mol. The van der Waals surface area contributed by atoms with Gasteiger partial charge in [-0.2, -0.15) is 4.98 Å². The number of rotatable bonds is 4. The lowest BCUT2D eigenvalue weighted by atomic mass is 9.89. The Morgan fingerprint density at radius 2 is 1.71 bits per heavy atom. The summed E-state index contributed by atoms with van der Waals surface area (Å²) >= 11 is 0. The van der Waals surface area contributed by atoms with Gasteiger partial charge in [0.2, 0.25) is 17.5 Å². The molecule has 11 nitrogen and oxygen atoms in total. The Morgan fingerprint density at radius 3 is 2.46 bits per heavy atom. The minimum atomic E-state index is -4.19. The second kappa shape index (κ2) is 13.0. The van der Waals surface area contributed by atoms with Gasteiger partial charge in [0.15, 0.2) is 0 Å². The van der Waals surface area contributed by atoms with E-state index in [1.165, 1.54) is 25.0 Å². The molecule has 12 heteroatoms. The van der Waals surface area contributed by atoms with Crippen molar-refractivity contribution in [2.24, 2.45) is 11.8 Å². The van der Waals surface area contributed by atoms with Gasteiger partial charge in [-0.05, 0) is 74.3 Å². The number of carbonyl (C=O) groups excluding carboxylic acids is 1. The van der Waals surface area contributed by atoms with Gasteiger partial charge >= 0.3 is 0 Å². The van der Waals surface area contributed by atoms with Crippen LogP contribution in [0.4, 0.5) is 5.95 Å². The zero-order chi connectivity index (χ0) is 36.4. The molecule has 2 aliphatic heterocycles. The van der Waals surface area contributed by atoms with E-state index in [4.69, 9.17) is 14.1 Å². The van der Waals surface area contributed by atoms with Gasteiger partial charge in [0.1, 0.15) is 17.9 Å². The lowest BCUT2D eigenvalue weighted by molar-refractivity contribution is 0.0362. The molecule has 3 aliphatic rings. The van der Waals surface area contributed by atoms with Crippen LogP contribution in [0.15, 0.2) is 70.1 Å². The minimum absolute atomic E-state index is 0.0621. The van der Waals surface area contributed by atoms with Crippen LogP contribution in [0.2, 0.25) is 0 Å². The number of nitrogens with zero attached hydrogens (tertiary/aromatic N) is 5. The summed E-state index contributed by atoms with van der Waals surface area (Å²) in [5.41, 5.74) is 5.19. The number of fused-ring (bicyclic) bond motifs is 6. The third kappa shape index (κ3) is 6.64. The molecule has 1 amide bonds.